The number of piperidine rings is 1. The smallest absolute Gasteiger partial charge is 0.307 e. The highest BCUT2D eigenvalue weighted by Gasteiger charge is 2.41. The minimum atomic E-state index is -1.03. The SMILES string of the molecule is O=C(CC/C=C\CC[C@H]1[C@@H](OCc2ccc(-c3ccccc3)cc2)CC[C@@H]1N1CCCCC1)OC(c1ccccc1)(c1ccccc1)c1ccccc1. The fourth-order valence-corrected chi connectivity index (χ4v) is 8.57. The van der Waals surface area contributed by atoms with E-state index in [2.05, 4.69) is 71.6 Å². The molecule has 2 fully saturated rings. The molecule has 4 heteroatoms. The molecule has 1 saturated heterocycles. The lowest BCUT2D eigenvalue weighted by Crippen LogP contribution is -2.43. The Bertz CT molecular complexity index is 1760. The largest absolute Gasteiger partial charge is 0.444 e. The van der Waals surface area contributed by atoms with Crippen LogP contribution in [0.1, 0.15) is 80.0 Å². The summed E-state index contributed by atoms with van der Waals surface area (Å²) in [5, 5.41) is 0. The van der Waals surface area contributed by atoms with Gasteiger partial charge >= 0.3 is 5.97 Å². The van der Waals surface area contributed by atoms with E-state index in [1.54, 1.807) is 0 Å². The van der Waals surface area contributed by atoms with Crippen LogP contribution in [0.15, 0.2) is 158 Å². The van der Waals surface area contributed by atoms with Gasteiger partial charge in [0, 0.05) is 35.1 Å². The number of allylic oxidation sites excluding steroid dienone is 2. The summed E-state index contributed by atoms with van der Waals surface area (Å²) in [6, 6.07) is 50.3. The minimum absolute atomic E-state index is 0.211. The maximum absolute atomic E-state index is 13.7. The second-order valence-electron chi connectivity index (χ2n) is 14.7. The van der Waals surface area contributed by atoms with E-state index in [1.807, 2.05) is 91.0 Å². The number of hydrogen-bond donors (Lipinski definition) is 0. The molecule has 5 aromatic carbocycles. The van der Waals surface area contributed by atoms with Crippen molar-refractivity contribution in [1.29, 1.82) is 0 Å². The van der Waals surface area contributed by atoms with Gasteiger partial charge in [-0.15, -0.1) is 0 Å². The number of carbonyl (C=O) groups is 1. The van der Waals surface area contributed by atoms with Gasteiger partial charge in [0.25, 0.3) is 0 Å². The first-order chi connectivity index (χ1) is 26.2. The highest BCUT2D eigenvalue weighted by molar-refractivity contribution is 5.72. The molecule has 2 aliphatic rings. The lowest BCUT2D eigenvalue weighted by atomic mass is 9.80. The Morgan fingerprint density at radius 2 is 1.15 bits per heavy atom. The van der Waals surface area contributed by atoms with Gasteiger partial charge in [-0.3, -0.25) is 4.79 Å². The standard InChI is InChI=1S/C49H53NO3/c51-48(53-49(42-22-10-4-11-23-42,43-24-12-5-13-25-43)44-26-14-6-15-27-44)29-17-2-1-16-28-45-46(50-36-18-7-19-37-50)34-35-47(45)52-38-39-30-32-41(33-31-39)40-20-8-3-9-21-40/h1-6,8-15,20-27,30-33,45-47H,7,16-19,28-29,34-38H2/b2-1-/t45-,46+,47+/m1/s1. The Balaban J connectivity index is 0.972. The number of hydrogen-bond acceptors (Lipinski definition) is 4. The third-order valence-corrected chi connectivity index (χ3v) is 11.3. The maximum Gasteiger partial charge on any atom is 0.307 e. The van der Waals surface area contributed by atoms with Crippen molar-refractivity contribution < 1.29 is 14.3 Å². The second kappa shape index (κ2) is 18.3. The zero-order chi connectivity index (χ0) is 36.1. The Morgan fingerprint density at radius 3 is 1.74 bits per heavy atom. The normalized spacial score (nSPS) is 19.4. The summed E-state index contributed by atoms with van der Waals surface area (Å²) in [6.07, 6.45) is 14.0. The average Bonchev–Trinajstić information content (AvgIpc) is 3.64. The van der Waals surface area contributed by atoms with Gasteiger partial charge in [0.2, 0.25) is 0 Å². The number of esters is 1. The number of benzene rings is 5. The predicted octanol–water partition coefficient (Wildman–Crippen LogP) is 11.2. The first kappa shape index (κ1) is 36.6. The van der Waals surface area contributed by atoms with Gasteiger partial charge in [0.05, 0.1) is 12.7 Å². The fourth-order valence-electron chi connectivity index (χ4n) is 8.57. The lowest BCUT2D eigenvalue weighted by molar-refractivity contribution is -0.153. The molecule has 0 amide bonds. The molecular weight excluding hydrogens is 651 g/mol. The first-order valence-corrected chi connectivity index (χ1v) is 19.7. The molecule has 0 bridgehead atoms. The fraction of sp³-hybridized carbons (Fsp3) is 0.327. The molecule has 3 atom stereocenters. The summed E-state index contributed by atoms with van der Waals surface area (Å²) in [4.78, 5) is 16.4. The first-order valence-electron chi connectivity index (χ1n) is 19.7. The second-order valence-corrected chi connectivity index (χ2v) is 14.7. The van der Waals surface area contributed by atoms with Crippen LogP contribution in [0.3, 0.4) is 0 Å². The molecule has 53 heavy (non-hydrogen) atoms. The van der Waals surface area contributed by atoms with Gasteiger partial charge in [-0.1, -0.05) is 164 Å². The van der Waals surface area contributed by atoms with E-state index in [4.69, 9.17) is 9.47 Å². The molecule has 0 aromatic heterocycles. The van der Waals surface area contributed by atoms with Crippen molar-refractivity contribution in [2.75, 3.05) is 13.1 Å². The van der Waals surface area contributed by atoms with E-state index in [9.17, 15) is 4.79 Å². The third-order valence-electron chi connectivity index (χ3n) is 11.3. The van der Waals surface area contributed by atoms with Crippen LogP contribution < -0.4 is 0 Å². The quantitative estimate of drug-likeness (QED) is 0.0618. The van der Waals surface area contributed by atoms with E-state index in [0.29, 0.717) is 31.4 Å². The monoisotopic (exact) mass is 703 g/mol. The summed E-state index contributed by atoms with van der Waals surface area (Å²) < 4.78 is 13.3. The average molecular weight is 704 g/mol. The van der Waals surface area contributed by atoms with Crippen LogP contribution in [0.5, 0.6) is 0 Å². The van der Waals surface area contributed by atoms with Gasteiger partial charge in [0.1, 0.15) is 0 Å². The van der Waals surface area contributed by atoms with Crippen LogP contribution in [0, 0.1) is 5.92 Å². The molecule has 1 saturated carbocycles. The van der Waals surface area contributed by atoms with E-state index < -0.39 is 5.60 Å². The third kappa shape index (κ3) is 9.07. The van der Waals surface area contributed by atoms with Gasteiger partial charge in [-0.2, -0.15) is 0 Å². The van der Waals surface area contributed by atoms with Gasteiger partial charge in [-0.05, 0) is 74.7 Å². The lowest BCUT2D eigenvalue weighted by Gasteiger charge is -2.37. The highest BCUT2D eigenvalue weighted by Crippen LogP contribution is 2.41. The molecule has 4 nitrogen and oxygen atoms in total. The molecule has 0 radical (unpaired) electrons. The van der Waals surface area contributed by atoms with E-state index in [-0.39, 0.29) is 12.1 Å². The van der Waals surface area contributed by atoms with Crippen LogP contribution in [-0.2, 0) is 26.5 Å². The van der Waals surface area contributed by atoms with E-state index >= 15 is 0 Å². The molecular formula is C49H53NO3. The molecule has 0 N–H and O–H groups in total. The van der Waals surface area contributed by atoms with E-state index in [1.165, 1.54) is 55.5 Å². The number of carbonyl (C=O) groups excluding carboxylic acids is 1. The molecule has 272 valence electrons. The van der Waals surface area contributed by atoms with Crippen molar-refractivity contribution in [2.45, 2.75) is 82.1 Å². The molecule has 1 aliphatic carbocycles. The number of ether oxygens (including phenoxy) is 2. The Labute approximate surface area is 316 Å². The molecule has 5 aromatic rings. The predicted molar refractivity (Wildman–Crippen MR) is 215 cm³/mol. The minimum Gasteiger partial charge on any atom is -0.444 e. The molecule has 1 aliphatic heterocycles. The van der Waals surface area contributed by atoms with Gasteiger partial charge in [-0.25, -0.2) is 0 Å². The Kier molecular flexibility index (Phi) is 12.6. The van der Waals surface area contributed by atoms with Crippen molar-refractivity contribution >= 4 is 5.97 Å². The van der Waals surface area contributed by atoms with Crippen molar-refractivity contribution in [2.24, 2.45) is 5.92 Å². The van der Waals surface area contributed by atoms with Crippen LogP contribution in [-0.4, -0.2) is 36.1 Å². The summed E-state index contributed by atoms with van der Waals surface area (Å²) >= 11 is 0. The zero-order valence-corrected chi connectivity index (χ0v) is 30.9. The topological polar surface area (TPSA) is 38.8 Å². The summed E-state index contributed by atoms with van der Waals surface area (Å²) in [6.45, 7) is 3.07. The molecule has 7 rings (SSSR count). The van der Waals surface area contributed by atoms with Gasteiger partial charge < -0.3 is 14.4 Å². The molecule has 1 heterocycles. The molecule has 0 unspecified atom stereocenters. The zero-order valence-electron chi connectivity index (χ0n) is 30.9. The van der Waals surface area contributed by atoms with Crippen LogP contribution in [0.2, 0.25) is 0 Å². The summed E-state index contributed by atoms with van der Waals surface area (Å²) in [5.41, 5.74) is 5.47. The van der Waals surface area contributed by atoms with Gasteiger partial charge in [0.15, 0.2) is 5.60 Å². The van der Waals surface area contributed by atoms with Crippen LogP contribution in [0.25, 0.3) is 11.1 Å². The van der Waals surface area contributed by atoms with E-state index in [0.717, 1.165) is 36.0 Å². The maximum atomic E-state index is 13.7. The molecule has 0 spiro atoms. The number of nitrogens with zero attached hydrogens (tertiary/aromatic N) is 1. The number of rotatable bonds is 15. The Hall–Kier alpha value is -4.77. The van der Waals surface area contributed by atoms with Crippen molar-refractivity contribution in [1.82, 2.24) is 4.90 Å². The highest BCUT2D eigenvalue weighted by atomic mass is 16.6. The van der Waals surface area contributed by atoms with Crippen molar-refractivity contribution in [3.63, 3.8) is 0 Å². The number of likely N-dealkylation sites (tertiary alicyclic amines) is 1. The van der Waals surface area contributed by atoms with Crippen LogP contribution in [0.4, 0.5) is 0 Å². The Morgan fingerprint density at radius 1 is 0.623 bits per heavy atom. The summed E-state index contributed by atoms with van der Waals surface area (Å²) in [7, 11) is 0. The summed E-state index contributed by atoms with van der Waals surface area (Å²) in [5.74, 6) is 0.298. The van der Waals surface area contributed by atoms with Crippen molar-refractivity contribution in [3.8, 4) is 11.1 Å². The van der Waals surface area contributed by atoms with Crippen molar-refractivity contribution in [3.05, 3.63) is 180 Å². The van der Waals surface area contributed by atoms with Crippen LogP contribution >= 0.6 is 0 Å².